The summed E-state index contributed by atoms with van der Waals surface area (Å²) in [5, 5.41) is 3.15. The molecule has 0 saturated heterocycles. The summed E-state index contributed by atoms with van der Waals surface area (Å²) in [6.45, 7) is 6.10. The molecule has 1 atom stereocenters. The number of ether oxygens (including phenoxy) is 3. The monoisotopic (exact) mass is 355 g/mol. The Morgan fingerprint density at radius 3 is 2.38 bits per heavy atom. The molecule has 0 saturated carbocycles. The van der Waals surface area contributed by atoms with Gasteiger partial charge in [0.05, 0.1) is 20.3 Å². The maximum absolute atomic E-state index is 12.9. The van der Waals surface area contributed by atoms with Crippen LogP contribution in [-0.4, -0.2) is 25.7 Å². The molecule has 0 aromatic heterocycles. The number of aryl methyl sites for hydroxylation is 1. The van der Waals surface area contributed by atoms with Crippen molar-refractivity contribution in [2.75, 3.05) is 14.2 Å². The number of carbonyl (C=O) groups is 1. The quantitative estimate of drug-likeness (QED) is 0.899. The van der Waals surface area contributed by atoms with Gasteiger partial charge in [-0.05, 0) is 39.0 Å². The number of benzene rings is 2. The Kier molecular flexibility index (Phi) is 4.81. The van der Waals surface area contributed by atoms with Crippen molar-refractivity contribution in [2.45, 2.75) is 38.8 Å². The van der Waals surface area contributed by atoms with Crippen molar-refractivity contribution in [1.29, 1.82) is 0 Å². The third-order valence-electron chi connectivity index (χ3n) is 4.54. The number of carbonyl (C=O) groups excluding carboxylic acids is 1. The molecule has 138 valence electrons. The van der Waals surface area contributed by atoms with Crippen LogP contribution in [0.1, 0.15) is 47.8 Å². The molecule has 1 amide bonds. The molecular weight excluding hydrogens is 330 g/mol. The van der Waals surface area contributed by atoms with Crippen LogP contribution >= 0.6 is 0 Å². The van der Waals surface area contributed by atoms with Gasteiger partial charge in [-0.1, -0.05) is 17.7 Å². The minimum Gasteiger partial charge on any atom is -0.497 e. The molecule has 1 heterocycles. The van der Waals surface area contributed by atoms with Crippen molar-refractivity contribution in [2.24, 2.45) is 0 Å². The first-order chi connectivity index (χ1) is 12.3. The van der Waals surface area contributed by atoms with Crippen molar-refractivity contribution in [3.63, 3.8) is 0 Å². The molecule has 1 aliphatic heterocycles. The Labute approximate surface area is 154 Å². The van der Waals surface area contributed by atoms with Crippen LogP contribution in [0.25, 0.3) is 0 Å². The minimum atomic E-state index is -0.355. The lowest BCUT2D eigenvalue weighted by atomic mass is 9.88. The second-order valence-electron chi connectivity index (χ2n) is 7.23. The zero-order chi connectivity index (χ0) is 18.9. The first-order valence-corrected chi connectivity index (χ1v) is 8.65. The average molecular weight is 355 g/mol. The zero-order valence-corrected chi connectivity index (χ0v) is 15.9. The molecule has 26 heavy (non-hydrogen) atoms. The number of hydrogen-bond acceptors (Lipinski definition) is 4. The fraction of sp³-hybridized carbons (Fsp3) is 0.381. The van der Waals surface area contributed by atoms with Crippen LogP contribution in [0.2, 0.25) is 0 Å². The highest BCUT2D eigenvalue weighted by Crippen LogP contribution is 2.40. The zero-order valence-electron chi connectivity index (χ0n) is 15.9. The van der Waals surface area contributed by atoms with E-state index in [1.165, 1.54) is 0 Å². The smallest absolute Gasteiger partial charge is 0.252 e. The maximum Gasteiger partial charge on any atom is 0.252 e. The third kappa shape index (κ3) is 3.77. The molecule has 0 fully saturated rings. The fourth-order valence-corrected chi connectivity index (χ4v) is 3.28. The molecule has 0 bridgehead atoms. The molecule has 1 N–H and O–H groups in total. The molecule has 3 rings (SSSR count). The van der Waals surface area contributed by atoms with Gasteiger partial charge in [0.2, 0.25) is 0 Å². The van der Waals surface area contributed by atoms with E-state index in [2.05, 4.69) is 11.4 Å². The van der Waals surface area contributed by atoms with Gasteiger partial charge < -0.3 is 19.5 Å². The summed E-state index contributed by atoms with van der Waals surface area (Å²) in [5.74, 6) is 1.81. The number of rotatable bonds is 4. The van der Waals surface area contributed by atoms with Crippen molar-refractivity contribution in [3.8, 4) is 17.2 Å². The minimum absolute atomic E-state index is 0.127. The van der Waals surface area contributed by atoms with Gasteiger partial charge in [0, 0.05) is 23.6 Å². The first kappa shape index (κ1) is 18.1. The molecule has 0 unspecified atom stereocenters. The highest BCUT2D eigenvalue weighted by molar-refractivity contribution is 5.95. The first-order valence-electron chi connectivity index (χ1n) is 8.65. The molecule has 2 aromatic rings. The molecule has 5 nitrogen and oxygen atoms in total. The molecule has 5 heteroatoms. The summed E-state index contributed by atoms with van der Waals surface area (Å²) in [6.07, 6.45) is 0.691. The number of nitrogens with one attached hydrogen (secondary N) is 1. The van der Waals surface area contributed by atoms with Crippen LogP contribution in [-0.2, 0) is 0 Å². The van der Waals surface area contributed by atoms with E-state index in [-0.39, 0.29) is 17.6 Å². The van der Waals surface area contributed by atoms with Crippen molar-refractivity contribution < 1.29 is 19.0 Å². The van der Waals surface area contributed by atoms with E-state index in [0.717, 1.165) is 16.9 Å². The van der Waals surface area contributed by atoms with Crippen LogP contribution in [0, 0.1) is 6.92 Å². The SMILES string of the molecule is COc1cc(OC)cc(C(=O)N[C@@H]2CC(C)(C)Oc3ccc(C)cc32)c1. The Morgan fingerprint density at radius 1 is 1.12 bits per heavy atom. The summed E-state index contributed by atoms with van der Waals surface area (Å²) < 4.78 is 16.6. The van der Waals surface area contributed by atoms with Crippen LogP contribution in [0.5, 0.6) is 17.2 Å². The summed E-state index contributed by atoms with van der Waals surface area (Å²) in [5.41, 5.74) is 2.29. The van der Waals surface area contributed by atoms with Gasteiger partial charge in [0.1, 0.15) is 22.8 Å². The standard InChI is InChI=1S/C21H25NO4/c1-13-6-7-19-17(8-13)18(12-21(2,3)26-19)22-20(23)14-9-15(24-4)11-16(10-14)25-5/h6-11,18H,12H2,1-5H3,(H,22,23)/t18-/m1/s1. The van der Waals surface area contributed by atoms with E-state index in [1.54, 1.807) is 32.4 Å². The van der Waals surface area contributed by atoms with E-state index >= 15 is 0 Å². The van der Waals surface area contributed by atoms with Crippen molar-refractivity contribution in [3.05, 3.63) is 53.1 Å². The Bertz CT molecular complexity index is 807. The Morgan fingerprint density at radius 2 is 1.77 bits per heavy atom. The van der Waals surface area contributed by atoms with E-state index in [1.807, 2.05) is 32.9 Å². The van der Waals surface area contributed by atoms with Crippen LogP contribution in [0.3, 0.4) is 0 Å². The third-order valence-corrected chi connectivity index (χ3v) is 4.54. The largest absolute Gasteiger partial charge is 0.497 e. The predicted molar refractivity (Wildman–Crippen MR) is 100 cm³/mol. The second kappa shape index (κ2) is 6.90. The second-order valence-corrected chi connectivity index (χ2v) is 7.23. The molecule has 0 spiro atoms. The van der Waals surface area contributed by atoms with Gasteiger partial charge in [-0.3, -0.25) is 4.79 Å². The molecule has 0 radical (unpaired) electrons. The summed E-state index contributed by atoms with van der Waals surface area (Å²) in [4.78, 5) is 12.9. The molecule has 1 aliphatic rings. The molecular formula is C21H25NO4. The van der Waals surface area contributed by atoms with Crippen molar-refractivity contribution >= 4 is 5.91 Å². The highest BCUT2D eigenvalue weighted by Gasteiger charge is 2.34. The lowest BCUT2D eigenvalue weighted by Crippen LogP contribution is -2.41. The molecule has 0 aliphatic carbocycles. The van der Waals surface area contributed by atoms with Crippen LogP contribution < -0.4 is 19.5 Å². The highest BCUT2D eigenvalue weighted by atomic mass is 16.5. The fourth-order valence-electron chi connectivity index (χ4n) is 3.28. The number of fused-ring (bicyclic) bond motifs is 1. The van der Waals surface area contributed by atoms with Gasteiger partial charge in [0.15, 0.2) is 0 Å². The lowest BCUT2D eigenvalue weighted by Gasteiger charge is -2.38. The van der Waals surface area contributed by atoms with E-state index < -0.39 is 0 Å². The lowest BCUT2D eigenvalue weighted by molar-refractivity contribution is 0.0619. The van der Waals surface area contributed by atoms with Gasteiger partial charge in [-0.2, -0.15) is 0 Å². The summed E-state index contributed by atoms with van der Waals surface area (Å²) in [7, 11) is 3.13. The molecule has 2 aromatic carbocycles. The van der Waals surface area contributed by atoms with E-state index in [0.29, 0.717) is 23.5 Å². The number of amides is 1. The average Bonchev–Trinajstić information content (AvgIpc) is 2.61. The van der Waals surface area contributed by atoms with E-state index in [4.69, 9.17) is 14.2 Å². The van der Waals surface area contributed by atoms with Gasteiger partial charge in [0.25, 0.3) is 5.91 Å². The van der Waals surface area contributed by atoms with Crippen molar-refractivity contribution in [1.82, 2.24) is 5.32 Å². The van der Waals surface area contributed by atoms with Gasteiger partial charge in [-0.25, -0.2) is 0 Å². The van der Waals surface area contributed by atoms with E-state index in [9.17, 15) is 4.79 Å². The summed E-state index contributed by atoms with van der Waals surface area (Å²) in [6, 6.07) is 11.1. The number of methoxy groups -OCH3 is 2. The normalized spacial score (nSPS) is 17.7. The van der Waals surface area contributed by atoms with Crippen LogP contribution in [0.15, 0.2) is 36.4 Å². The summed E-state index contributed by atoms with van der Waals surface area (Å²) >= 11 is 0. The van der Waals surface area contributed by atoms with Crippen LogP contribution in [0.4, 0.5) is 0 Å². The predicted octanol–water partition coefficient (Wildman–Crippen LogP) is 4.04. The Hall–Kier alpha value is -2.69. The number of hydrogen-bond donors (Lipinski definition) is 1. The van der Waals surface area contributed by atoms with Gasteiger partial charge in [-0.15, -0.1) is 0 Å². The maximum atomic E-state index is 12.9. The topological polar surface area (TPSA) is 56.8 Å². The Balaban J connectivity index is 1.91. The van der Waals surface area contributed by atoms with Gasteiger partial charge >= 0.3 is 0 Å².